The SMILES string of the molecule is CCc1ncc(C2Oc3cc(-c4cnc([C@@H]5CCCN5C(=O)[C@@H](NC(=O)OC)C(C)C)[nH]4)cc(F)c3-c3cc4cc(-c5cnc([C@@H]6CCCN6C(=O)C(NC(=O)OC)C6CCOC(C)(C)C6)[nH]5)ccc4n32)s1. The van der Waals surface area contributed by atoms with Crippen molar-refractivity contribution in [3.8, 4) is 39.5 Å². The summed E-state index contributed by atoms with van der Waals surface area (Å²) in [5.74, 6) is 0.393. The van der Waals surface area contributed by atoms with E-state index >= 15 is 4.39 Å². The van der Waals surface area contributed by atoms with Crippen LogP contribution in [-0.4, -0.2) is 115 Å². The number of hydrogen-bond acceptors (Lipinski definition) is 12. The number of H-pyrrole nitrogens is 2. The van der Waals surface area contributed by atoms with Crippen molar-refractivity contribution >= 4 is 46.2 Å². The van der Waals surface area contributed by atoms with E-state index in [-0.39, 0.29) is 35.7 Å². The van der Waals surface area contributed by atoms with E-state index in [4.69, 9.17) is 28.9 Å². The van der Waals surface area contributed by atoms with E-state index in [2.05, 4.69) is 32.5 Å². The normalized spacial score (nSPS) is 21.2. The number of nitrogens with one attached hydrogen (secondary N) is 4. The molecule has 18 nitrogen and oxygen atoms in total. The Morgan fingerprint density at radius 3 is 2.17 bits per heavy atom. The van der Waals surface area contributed by atoms with Crippen LogP contribution in [0, 0.1) is 17.7 Å². The Kier molecular flexibility index (Phi) is 13.3. The number of thiazole rings is 1. The third kappa shape index (κ3) is 9.18. The molecule has 4 aromatic heterocycles. The summed E-state index contributed by atoms with van der Waals surface area (Å²) in [5.41, 5.74) is 4.06. The largest absolute Gasteiger partial charge is 0.464 e. The van der Waals surface area contributed by atoms with Crippen molar-refractivity contribution in [2.24, 2.45) is 11.8 Å². The summed E-state index contributed by atoms with van der Waals surface area (Å²) in [7, 11) is 2.56. The van der Waals surface area contributed by atoms with Gasteiger partial charge < -0.3 is 49.3 Å². The van der Waals surface area contributed by atoms with Gasteiger partial charge in [-0.25, -0.2) is 28.9 Å². The van der Waals surface area contributed by atoms with Crippen molar-refractivity contribution in [2.45, 2.75) is 116 Å². The van der Waals surface area contributed by atoms with Crippen LogP contribution in [0.3, 0.4) is 0 Å². The van der Waals surface area contributed by atoms with Gasteiger partial charge in [0, 0.05) is 42.4 Å². The lowest BCUT2D eigenvalue weighted by Gasteiger charge is -2.40. The number of likely N-dealkylation sites (tertiary alicyclic amines) is 2. The van der Waals surface area contributed by atoms with E-state index in [0.29, 0.717) is 85.3 Å². The summed E-state index contributed by atoms with van der Waals surface area (Å²) in [6, 6.07) is 9.09. The van der Waals surface area contributed by atoms with Gasteiger partial charge in [-0.3, -0.25) is 14.2 Å². The number of benzene rings is 2. The highest BCUT2D eigenvalue weighted by molar-refractivity contribution is 7.11. The van der Waals surface area contributed by atoms with Crippen molar-refractivity contribution in [1.82, 2.24) is 49.9 Å². The summed E-state index contributed by atoms with van der Waals surface area (Å²) in [6.45, 7) is 11.3. The number of nitrogens with zero attached hydrogens (tertiary/aromatic N) is 6. The highest BCUT2D eigenvalue weighted by Gasteiger charge is 2.43. The number of halogens is 1. The Labute approximate surface area is 420 Å². The van der Waals surface area contributed by atoms with Crippen molar-refractivity contribution < 1.29 is 42.5 Å². The molecule has 4 amide bonds. The molecule has 72 heavy (non-hydrogen) atoms. The summed E-state index contributed by atoms with van der Waals surface area (Å²) in [4.78, 5) is 78.5. The zero-order valence-corrected chi connectivity index (χ0v) is 42.4. The van der Waals surface area contributed by atoms with Crippen LogP contribution in [0.4, 0.5) is 14.0 Å². The van der Waals surface area contributed by atoms with Crippen LogP contribution in [0.5, 0.6) is 5.75 Å². The molecule has 0 aliphatic carbocycles. The molecule has 4 aliphatic heterocycles. The fourth-order valence-electron chi connectivity index (χ4n) is 11.0. The zero-order valence-electron chi connectivity index (χ0n) is 41.5. The molecule has 3 saturated heterocycles. The van der Waals surface area contributed by atoms with Crippen molar-refractivity contribution in [1.29, 1.82) is 0 Å². The maximum Gasteiger partial charge on any atom is 0.407 e. The minimum absolute atomic E-state index is 0.132. The molecule has 2 aromatic carbocycles. The maximum atomic E-state index is 16.9. The van der Waals surface area contributed by atoms with Crippen LogP contribution in [0.2, 0.25) is 0 Å². The highest BCUT2D eigenvalue weighted by Crippen LogP contribution is 2.48. The van der Waals surface area contributed by atoms with Gasteiger partial charge >= 0.3 is 12.2 Å². The molecule has 3 fully saturated rings. The maximum absolute atomic E-state index is 16.9. The first-order valence-corrected chi connectivity index (χ1v) is 25.6. The average molecular weight is 1010 g/mol. The predicted octanol–water partition coefficient (Wildman–Crippen LogP) is 8.82. The van der Waals surface area contributed by atoms with Crippen molar-refractivity contribution in [2.75, 3.05) is 33.9 Å². The van der Waals surface area contributed by atoms with Crippen LogP contribution in [0.15, 0.2) is 55.0 Å². The molecule has 380 valence electrons. The molecule has 3 unspecified atom stereocenters. The van der Waals surface area contributed by atoms with Crippen LogP contribution in [0.1, 0.15) is 113 Å². The number of rotatable bonds is 12. The summed E-state index contributed by atoms with van der Waals surface area (Å²) in [5, 5.41) is 7.34. The molecule has 0 bridgehead atoms. The Balaban J connectivity index is 0.945. The van der Waals surface area contributed by atoms with Crippen LogP contribution in [0.25, 0.3) is 44.7 Å². The first-order chi connectivity index (χ1) is 34.6. The molecular weight excluding hydrogens is 944 g/mol. The fraction of sp³-hybridized carbons (Fsp3) is 0.481. The summed E-state index contributed by atoms with van der Waals surface area (Å²) >= 11 is 1.55. The zero-order chi connectivity index (χ0) is 50.6. The van der Waals surface area contributed by atoms with Gasteiger partial charge in [-0.15, -0.1) is 11.3 Å². The predicted molar refractivity (Wildman–Crippen MR) is 266 cm³/mol. The second-order valence-corrected chi connectivity index (χ2v) is 21.2. The number of imidazole rings is 2. The van der Waals surface area contributed by atoms with Gasteiger partial charge in [0.15, 0.2) is 0 Å². The second kappa shape index (κ2) is 19.7. The van der Waals surface area contributed by atoms with Gasteiger partial charge in [0.1, 0.15) is 35.3 Å². The lowest BCUT2D eigenvalue weighted by atomic mass is 9.82. The van der Waals surface area contributed by atoms with Gasteiger partial charge in [-0.1, -0.05) is 26.8 Å². The number of aromatic nitrogens is 6. The summed E-state index contributed by atoms with van der Waals surface area (Å²) in [6.07, 6.45) is 8.17. The minimum Gasteiger partial charge on any atom is -0.464 e. The number of methoxy groups -OCH3 is 2. The number of carbonyl (C=O) groups is 4. The number of ether oxygens (including phenoxy) is 4. The Bertz CT molecular complexity index is 3030. The van der Waals surface area contributed by atoms with E-state index in [0.717, 1.165) is 51.3 Å². The number of carbonyl (C=O) groups excluding carboxylic acids is 4. The standard InChI is InChI=1S/C52H61FN10O8S/c1-8-41-54-26-40(72-41)49-63-35-14-13-28(33-24-55-45(57-33)37-12-10-17-62(37)48(65)44(60-51(67)69-7)29-15-18-70-52(4,5)23-29)19-31(35)21-38(63)42-32(53)20-30(22-39(42)71-49)34-25-56-46(58-34)36-11-9-16-61(36)47(64)43(27(2)3)59-50(66)68-6/h13-14,19-22,24-27,29,36-37,43-44,49H,8-12,15-18,23H2,1-7H3,(H,55,57)(H,56,58)(H,59,66)(H,60,67)/t29?,36-,37-,43-,44?,49?/m0/s1. The first kappa shape index (κ1) is 48.8. The van der Waals surface area contributed by atoms with Crippen LogP contribution in [-0.2, 0) is 30.2 Å². The molecule has 6 aromatic rings. The topological polar surface area (TPSA) is 211 Å². The minimum atomic E-state index is -0.778. The van der Waals surface area contributed by atoms with Gasteiger partial charge in [0.2, 0.25) is 18.0 Å². The number of aromatic amines is 2. The third-order valence-corrected chi connectivity index (χ3v) is 15.8. The summed E-state index contributed by atoms with van der Waals surface area (Å²) < 4.78 is 41.5. The molecule has 6 atom stereocenters. The van der Waals surface area contributed by atoms with E-state index < -0.39 is 41.9 Å². The monoisotopic (exact) mass is 1000 g/mol. The lowest BCUT2D eigenvalue weighted by molar-refractivity contribution is -0.139. The molecule has 4 aliphatic rings. The molecule has 4 N–H and O–H groups in total. The fourth-order valence-corrected chi connectivity index (χ4v) is 11.9. The molecule has 10 rings (SSSR count). The van der Waals surface area contributed by atoms with Crippen molar-refractivity contribution in [3.63, 3.8) is 0 Å². The number of amides is 4. The number of alkyl carbamates (subject to hydrolysis) is 2. The van der Waals surface area contributed by atoms with E-state index in [1.165, 1.54) is 20.3 Å². The van der Waals surface area contributed by atoms with Gasteiger partial charge in [0.05, 0.1) is 82.3 Å². The highest BCUT2D eigenvalue weighted by atomic mass is 32.1. The number of aryl methyl sites for hydroxylation is 1. The molecule has 0 radical (unpaired) electrons. The first-order valence-electron chi connectivity index (χ1n) is 24.8. The second-order valence-electron chi connectivity index (χ2n) is 20.1. The molecule has 0 saturated carbocycles. The van der Waals surface area contributed by atoms with Crippen LogP contribution >= 0.6 is 11.3 Å². The van der Waals surface area contributed by atoms with Gasteiger partial charge in [-0.2, -0.15) is 0 Å². The quantitative estimate of drug-likeness (QED) is 0.0910. The Morgan fingerprint density at radius 1 is 0.861 bits per heavy atom. The Morgan fingerprint density at radius 2 is 1.53 bits per heavy atom. The van der Waals surface area contributed by atoms with E-state index in [1.807, 2.05) is 73.7 Å². The van der Waals surface area contributed by atoms with Gasteiger partial charge in [0.25, 0.3) is 0 Å². The average Bonchev–Trinajstić information content (AvgIpc) is 4.23. The third-order valence-electron chi connectivity index (χ3n) is 14.6. The molecular formula is C52H61FN10O8S. The van der Waals surface area contributed by atoms with Gasteiger partial charge in [-0.05, 0) is 101 Å². The molecule has 0 spiro atoms. The number of fused-ring (bicyclic) bond motifs is 5. The van der Waals surface area contributed by atoms with Crippen molar-refractivity contribution in [3.05, 3.63) is 82.3 Å². The van der Waals surface area contributed by atoms with Crippen LogP contribution < -0.4 is 15.4 Å². The smallest absolute Gasteiger partial charge is 0.407 e. The Hall–Kier alpha value is -6.80. The van der Waals surface area contributed by atoms with E-state index in [9.17, 15) is 19.2 Å². The lowest BCUT2D eigenvalue weighted by Crippen LogP contribution is -2.54. The van der Waals surface area contributed by atoms with E-state index in [1.54, 1.807) is 28.6 Å². The molecule has 8 heterocycles. The number of hydrogen-bond donors (Lipinski definition) is 4. The molecule has 20 heteroatoms.